The smallest absolute Gasteiger partial charge is 0.244 e. The Morgan fingerprint density at radius 3 is 3.00 bits per heavy atom. The quantitative estimate of drug-likeness (QED) is 0.823. The van der Waals surface area contributed by atoms with Crippen molar-refractivity contribution in [2.24, 2.45) is 0 Å². The molecule has 0 bridgehead atoms. The SMILES string of the molecule is CC1(C(=O)Nc2cncc(F)c2)CCCCN1. The largest absolute Gasteiger partial charge is 0.323 e. The molecule has 92 valence electrons. The molecule has 1 amide bonds. The Balaban J connectivity index is 2.05. The van der Waals surface area contributed by atoms with Gasteiger partial charge in [0, 0.05) is 6.07 Å². The lowest BCUT2D eigenvalue weighted by Crippen LogP contribution is -2.54. The van der Waals surface area contributed by atoms with Crippen LogP contribution in [-0.4, -0.2) is 23.0 Å². The van der Waals surface area contributed by atoms with Crippen molar-refractivity contribution < 1.29 is 9.18 Å². The minimum absolute atomic E-state index is 0.135. The van der Waals surface area contributed by atoms with E-state index in [-0.39, 0.29) is 5.91 Å². The molecular formula is C12H16FN3O. The van der Waals surface area contributed by atoms with Gasteiger partial charge in [0.2, 0.25) is 5.91 Å². The second kappa shape index (κ2) is 4.79. The molecule has 0 saturated carbocycles. The number of anilines is 1. The Labute approximate surface area is 99.6 Å². The van der Waals surface area contributed by atoms with E-state index in [0.29, 0.717) is 5.69 Å². The van der Waals surface area contributed by atoms with E-state index in [4.69, 9.17) is 0 Å². The van der Waals surface area contributed by atoms with Crippen LogP contribution in [0.4, 0.5) is 10.1 Å². The fourth-order valence-electron chi connectivity index (χ4n) is 2.00. The van der Waals surface area contributed by atoms with Crippen molar-refractivity contribution in [1.82, 2.24) is 10.3 Å². The summed E-state index contributed by atoms with van der Waals surface area (Å²) in [4.78, 5) is 15.8. The topological polar surface area (TPSA) is 54.0 Å². The molecule has 1 aliphatic rings. The van der Waals surface area contributed by atoms with E-state index >= 15 is 0 Å². The number of halogens is 1. The summed E-state index contributed by atoms with van der Waals surface area (Å²) in [6.45, 7) is 2.71. The molecule has 17 heavy (non-hydrogen) atoms. The summed E-state index contributed by atoms with van der Waals surface area (Å²) in [5.74, 6) is -0.589. The zero-order chi connectivity index (χ0) is 12.3. The third-order valence-corrected chi connectivity index (χ3v) is 3.08. The maximum atomic E-state index is 12.9. The molecule has 0 aromatic carbocycles. The molecule has 0 spiro atoms. The first kappa shape index (κ1) is 12.0. The average Bonchev–Trinajstić information content (AvgIpc) is 2.30. The van der Waals surface area contributed by atoms with Gasteiger partial charge in [-0.2, -0.15) is 0 Å². The van der Waals surface area contributed by atoms with E-state index in [2.05, 4.69) is 15.6 Å². The van der Waals surface area contributed by atoms with E-state index in [1.54, 1.807) is 0 Å². The average molecular weight is 237 g/mol. The molecule has 5 heteroatoms. The van der Waals surface area contributed by atoms with E-state index in [0.717, 1.165) is 32.0 Å². The molecule has 2 heterocycles. The highest BCUT2D eigenvalue weighted by molar-refractivity contribution is 5.97. The molecule has 1 unspecified atom stereocenters. The van der Waals surface area contributed by atoms with E-state index in [9.17, 15) is 9.18 Å². The molecule has 0 radical (unpaired) electrons. The highest BCUT2D eigenvalue weighted by Gasteiger charge is 2.34. The lowest BCUT2D eigenvalue weighted by Gasteiger charge is -2.33. The van der Waals surface area contributed by atoms with Gasteiger partial charge in [0.05, 0.1) is 23.6 Å². The summed E-state index contributed by atoms with van der Waals surface area (Å²) in [6.07, 6.45) is 5.45. The molecular weight excluding hydrogens is 221 g/mol. The van der Waals surface area contributed by atoms with Gasteiger partial charge in [-0.15, -0.1) is 0 Å². The number of nitrogens with one attached hydrogen (secondary N) is 2. The van der Waals surface area contributed by atoms with Gasteiger partial charge in [-0.3, -0.25) is 9.78 Å². The van der Waals surface area contributed by atoms with E-state index in [1.807, 2.05) is 6.92 Å². The lowest BCUT2D eigenvalue weighted by molar-refractivity contribution is -0.122. The fourth-order valence-corrected chi connectivity index (χ4v) is 2.00. The van der Waals surface area contributed by atoms with Crippen molar-refractivity contribution in [2.75, 3.05) is 11.9 Å². The number of piperidine rings is 1. The zero-order valence-electron chi connectivity index (χ0n) is 9.79. The van der Waals surface area contributed by atoms with Crippen LogP contribution < -0.4 is 10.6 Å². The van der Waals surface area contributed by atoms with Gasteiger partial charge in [0.1, 0.15) is 5.82 Å². The van der Waals surface area contributed by atoms with Crippen molar-refractivity contribution in [3.05, 3.63) is 24.3 Å². The first-order valence-electron chi connectivity index (χ1n) is 5.77. The molecule has 2 rings (SSSR count). The predicted molar refractivity (Wildman–Crippen MR) is 63.1 cm³/mol. The zero-order valence-corrected chi connectivity index (χ0v) is 9.79. The molecule has 1 aromatic rings. The maximum absolute atomic E-state index is 12.9. The number of pyridine rings is 1. The number of carbonyl (C=O) groups excluding carboxylic acids is 1. The van der Waals surface area contributed by atoms with Crippen LogP contribution >= 0.6 is 0 Å². The molecule has 1 fully saturated rings. The fraction of sp³-hybridized carbons (Fsp3) is 0.500. The van der Waals surface area contributed by atoms with Crippen LogP contribution in [0, 0.1) is 5.82 Å². The standard InChI is InChI=1S/C12H16FN3O/c1-12(4-2-3-5-15-12)11(17)16-10-6-9(13)7-14-8-10/h6-8,15H,2-5H2,1H3,(H,16,17). The second-order valence-corrected chi connectivity index (χ2v) is 4.56. The maximum Gasteiger partial charge on any atom is 0.244 e. The number of hydrogen-bond acceptors (Lipinski definition) is 3. The molecule has 0 aliphatic carbocycles. The second-order valence-electron chi connectivity index (χ2n) is 4.56. The van der Waals surface area contributed by atoms with Gasteiger partial charge in [-0.25, -0.2) is 4.39 Å². The van der Waals surface area contributed by atoms with Crippen molar-refractivity contribution >= 4 is 11.6 Å². The number of amides is 1. The first-order valence-corrected chi connectivity index (χ1v) is 5.77. The van der Waals surface area contributed by atoms with Crippen LogP contribution in [0.25, 0.3) is 0 Å². The molecule has 4 nitrogen and oxygen atoms in total. The van der Waals surface area contributed by atoms with Gasteiger partial charge in [-0.05, 0) is 32.7 Å². The predicted octanol–water partition coefficient (Wildman–Crippen LogP) is 1.69. The van der Waals surface area contributed by atoms with E-state index < -0.39 is 11.4 Å². The van der Waals surface area contributed by atoms with Crippen molar-refractivity contribution in [1.29, 1.82) is 0 Å². The van der Waals surface area contributed by atoms with Crippen LogP contribution in [0.1, 0.15) is 26.2 Å². The highest BCUT2D eigenvalue weighted by Crippen LogP contribution is 2.20. The summed E-state index contributed by atoms with van der Waals surface area (Å²) in [7, 11) is 0. The van der Waals surface area contributed by atoms with Gasteiger partial charge in [0.15, 0.2) is 0 Å². The van der Waals surface area contributed by atoms with E-state index in [1.165, 1.54) is 12.3 Å². The Morgan fingerprint density at radius 2 is 2.35 bits per heavy atom. The van der Waals surface area contributed by atoms with Gasteiger partial charge < -0.3 is 10.6 Å². The van der Waals surface area contributed by atoms with Crippen LogP contribution in [0.3, 0.4) is 0 Å². The third kappa shape index (κ3) is 2.79. The monoisotopic (exact) mass is 237 g/mol. The summed E-state index contributed by atoms with van der Waals surface area (Å²) in [5, 5.41) is 5.89. The van der Waals surface area contributed by atoms with Crippen molar-refractivity contribution in [3.63, 3.8) is 0 Å². The van der Waals surface area contributed by atoms with Crippen molar-refractivity contribution in [3.8, 4) is 0 Å². The van der Waals surface area contributed by atoms with Crippen molar-refractivity contribution in [2.45, 2.75) is 31.7 Å². The minimum Gasteiger partial charge on any atom is -0.323 e. The van der Waals surface area contributed by atoms with Crippen LogP contribution in [0.5, 0.6) is 0 Å². The Kier molecular flexibility index (Phi) is 3.38. The van der Waals surface area contributed by atoms with Gasteiger partial charge in [-0.1, -0.05) is 0 Å². The third-order valence-electron chi connectivity index (χ3n) is 3.08. The lowest BCUT2D eigenvalue weighted by atomic mass is 9.90. The molecule has 1 atom stereocenters. The number of nitrogens with zero attached hydrogens (tertiary/aromatic N) is 1. The normalized spacial score (nSPS) is 24.4. The summed E-state index contributed by atoms with van der Waals surface area (Å²) in [5.41, 5.74) is -0.173. The van der Waals surface area contributed by atoms with Gasteiger partial charge >= 0.3 is 0 Å². The molecule has 2 N–H and O–H groups in total. The number of hydrogen-bond donors (Lipinski definition) is 2. The van der Waals surface area contributed by atoms with Crippen LogP contribution in [0.2, 0.25) is 0 Å². The number of carbonyl (C=O) groups is 1. The summed E-state index contributed by atoms with van der Waals surface area (Å²) in [6, 6.07) is 1.26. The number of aromatic nitrogens is 1. The molecule has 1 aliphatic heterocycles. The Bertz CT molecular complexity index is 416. The number of rotatable bonds is 2. The van der Waals surface area contributed by atoms with Crippen LogP contribution in [-0.2, 0) is 4.79 Å². The Hall–Kier alpha value is -1.49. The highest BCUT2D eigenvalue weighted by atomic mass is 19.1. The Morgan fingerprint density at radius 1 is 1.53 bits per heavy atom. The van der Waals surface area contributed by atoms with Gasteiger partial charge in [0.25, 0.3) is 0 Å². The first-order chi connectivity index (χ1) is 8.10. The van der Waals surface area contributed by atoms with Crippen LogP contribution in [0.15, 0.2) is 18.5 Å². The summed E-state index contributed by atoms with van der Waals surface area (Å²) >= 11 is 0. The summed E-state index contributed by atoms with van der Waals surface area (Å²) < 4.78 is 12.9. The molecule has 1 aromatic heterocycles. The minimum atomic E-state index is -0.565. The molecule has 1 saturated heterocycles.